The maximum Gasteiger partial charge on any atom is 0.230 e. The minimum absolute atomic E-state index is 0.176. The second-order valence-corrected chi connectivity index (χ2v) is 7.85. The molecule has 1 aliphatic carbocycles. The van der Waals surface area contributed by atoms with Gasteiger partial charge in [0.15, 0.2) is 17.3 Å². The van der Waals surface area contributed by atoms with Crippen molar-refractivity contribution in [3.8, 4) is 23.0 Å². The lowest BCUT2D eigenvalue weighted by Crippen LogP contribution is -2.13. The van der Waals surface area contributed by atoms with Gasteiger partial charge < -0.3 is 24.3 Å². The van der Waals surface area contributed by atoms with E-state index in [4.69, 9.17) is 18.9 Å². The molecule has 35 heavy (non-hydrogen) atoms. The molecule has 0 unspecified atom stereocenters. The average molecular weight is 474 g/mol. The van der Waals surface area contributed by atoms with Crippen LogP contribution in [0, 0.1) is 0 Å². The lowest BCUT2D eigenvalue weighted by Gasteiger charge is -2.13. The van der Waals surface area contributed by atoms with Crippen LogP contribution in [0.1, 0.15) is 30.0 Å². The first-order valence-electron chi connectivity index (χ1n) is 11.0. The normalized spacial score (nSPS) is 13.5. The minimum Gasteiger partial charge on any atom is -0.497 e. The Bertz CT molecular complexity index is 1290. The molecule has 0 fully saturated rings. The predicted octanol–water partition coefficient (Wildman–Crippen LogP) is 4.87. The molecule has 1 amide bonds. The lowest BCUT2D eigenvalue weighted by atomic mass is 10.00. The van der Waals surface area contributed by atoms with Gasteiger partial charge in [-0.25, -0.2) is 4.98 Å². The highest BCUT2D eigenvalue weighted by Crippen LogP contribution is 2.46. The van der Waals surface area contributed by atoms with Crippen LogP contribution in [0.15, 0.2) is 54.5 Å². The van der Waals surface area contributed by atoms with Gasteiger partial charge in [-0.1, -0.05) is 6.07 Å². The van der Waals surface area contributed by atoms with E-state index < -0.39 is 0 Å². The molecule has 1 aromatic heterocycles. The summed E-state index contributed by atoms with van der Waals surface area (Å²) in [5, 5.41) is 2.81. The van der Waals surface area contributed by atoms with Crippen molar-refractivity contribution in [1.29, 1.82) is 0 Å². The Morgan fingerprint density at radius 1 is 0.943 bits per heavy atom. The first kappa shape index (κ1) is 23.8. The minimum atomic E-state index is -0.178. The van der Waals surface area contributed by atoms with Crippen LogP contribution in [-0.4, -0.2) is 44.3 Å². The molecule has 0 saturated heterocycles. The second kappa shape index (κ2) is 10.3. The monoisotopic (exact) mass is 473 g/mol. The van der Waals surface area contributed by atoms with Gasteiger partial charge in [0.2, 0.25) is 11.7 Å². The maximum atomic E-state index is 12.9. The topological polar surface area (TPSA) is 91.8 Å². The SMILES string of the molecule is COc1ccc2c(c1)C(CC(=O)Nc1cnccn1)=C(C)/C2=C/c1cc(OC)c(OC)c(OC)c1. The van der Waals surface area contributed by atoms with Crippen LogP contribution in [0.3, 0.4) is 0 Å². The molecule has 1 N–H and O–H groups in total. The van der Waals surface area contributed by atoms with E-state index >= 15 is 0 Å². The Hall–Kier alpha value is -4.33. The molecule has 0 spiro atoms. The van der Waals surface area contributed by atoms with Crippen LogP contribution in [0.25, 0.3) is 17.2 Å². The number of allylic oxidation sites excluding steroid dienone is 2. The number of hydrogen-bond donors (Lipinski definition) is 1. The molecule has 0 saturated carbocycles. The molecule has 4 rings (SSSR count). The van der Waals surface area contributed by atoms with E-state index in [9.17, 15) is 4.79 Å². The van der Waals surface area contributed by atoms with E-state index in [0.29, 0.717) is 23.1 Å². The van der Waals surface area contributed by atoms with Crippen LogP contribution < -0.4 is 24.3 Å². The van der Waals surface area contributed by atoms with E-state index in [-0.39, 0.29) is 12.3 Å². The Morgan fingerprint density at radius 2 is 1.69 bits per heavy atom. The highest BCUT2D eigenvalue weighted by molar-refractivity contribution is 6.10. The van der Waals surface area contributed by atoms with Gasteiger partial charge in [0.25, 0.3) is 0 Å². The van der Waals surface area contributed by atoms with Crippen molar-refractivity contribution < 1.29 is 23.7 Å². The molecule has 1 aliphatic rings. The van der Waals surface area contributed by atoms with Gasteiger partial charge in [-0.3, -0.25) is 9.78 Å². The largest absolute Gasteiger partial charge is 0.497 e. The molecule has 0 bridgehead atoms. The zero-order valence-corrected chi connectivity index (χ0v) is 20.3. The number of carbonyl (C=O) groups is 1. The number of methoxy groups -OCH3 is 4. The van der Waals surface area contributed by atoms with Crippen molar-refractivity contribution in [2.24, 2.45) is 0 Å². The number of hydrogen-bond acceptors (Lipinski definition) is 7. The smallest absolute Gasteiger partial charge is 0.230 e. The van der Waals surface area contributed by atoms with Crippen molar-refractivity contribution in [3.05, 3.63) is 71.2 Å². The fraction of sp³-hybridized carbons (Fsp3) is 0.222. The standard InChI is InChI=1S/C27H27N3O5/c1-16-20(10-17-11-23(33-3)27(35-5)24(12-17)34-4)19-7-6-18(32-2)13-22(19)21(16)14-26(31)30-25-15-28-8-9-29-25/h6-13,15H,14H2,1-5H3,(H,29,30,31)/b20-10-. The molecule has 8 heteroatoms. The Morgan fingerprint density at radius 3 is 2.29 bits per heavy atom. The summed E-state index contributed by atoms with van der Waals surface area (Å²) in [6.07, 6.45) is 6.84. The van der Waals surface area contributed by atoms with Gasteiger partial charge >= 0.3 is 0 Å². The summed E-state index contributed by atoms with van der Waals surface area (Å²) in [5.74, 6) is 2.61. The number of fused-ring (bicyclic) bond motifs is 1. The van der Waals surface area contributed by atoms with E-state index in [1.807, 2.05) is 37.3 Å². The molecule has 2 aromatic carbocycles. The van der Waals surface area contributed by atoms with Crippen LogP contribution in [0.4, 0.5) is 5.82 Å². The number of benzene rings is 2. The number of aromatic nitrogens is 2. The average Bonchev–Trinajstić information content (AvgIpc) is 3.13. The molecule has 8 nitrogen and oxygen atoms in total. The van der Waals surface area contributed by atoms with Crippen molar-refractivity contribution in [2.45, 2.75) is 13.3 Å². The van der Waals surface area contributed by atoms with Gasteiger partial charge in [-0.15, -0.1) is 0 Å². The van der Waals surface area contributed by atoms with Crippen molar-refractivity contribution >= 4 is 28.9 Å². The van der Waals surface area contributed by atoms with E-state index in [1.54, 1.807) is 34.6 Å². The molecule has 3 aromatic rings. The zero-order valence-electron chi connectivity index (χ0n) is 20.3. The van der Waals surface area contributed by atoms with Gasteiger partial charge in [-0.05, 0) is 70.7 Å². The maximum absolute atomic E-state index is 12.9. The number of nitrogens with one attached hydrogen (secondary N) is 1. The van der Waals surface area contributed by atoms with Crippen LogP contribution in [0.2, 0.25) is 0 Å². The van der Waals surface area contributed by atoms with E-state index in [1.165, 1.54) is 12.4 Å². The van der Waals surface area contributed by atoms with Crippen LogP contribution in [-0.2, 0) is 4.79 Å². The predicted molar refractivity (Wildman–Crippen MR) is 135 cm³/mol. The third-order valence-electron chi connectivity index (χ3n) is 5.86. The molecular weight excluding hydrogens is 446 g/mol. The lowest BCUT2D eigenvalue weighted by molar-refractivity contribution is -0.115. The molecular formula is C27H27N3O5. The molecule has 0 aliphatic heterocycles. The third-order valence-corrected chi connectivity index (χ3v) is 5.86. The zero-order chi connectivity index (χ0) is 24.9. The van der Waals surface area contributed by atoms with Crippen molar-refractivity contribution in [1.82, 2.24) is 9.97 Å². The highest BCUT2D eigenvalue weighted by atomic mass is 16.5. The van der Waals surface area contributed by atoms with E-state index in [2.05, 4.69) is 21.4 Å². The summed E-state index contributed by atoms with van der Waals surface area (Å²) >= 11 is 0. The third kappa shape index (κ3) is 4.82. The van der Waals surface area contributed by atoms with Crippen LogP contribution >= 0.6 is 0 Å². The number of carbonyl (C=O) groups excluding carboxylic acids is 1. The summed E-state index contributed by atoms with van der Waals surface area (Å²) < 4.78 is 21.9. The quantitative estimate of drug-likeness (QED) is 0.499. The fourth-order valence-electron chi connectivity index (χ4n) is 4.18. The van der Waals surface area contributed by atoms with Crippen molar-refractivity contribution in [2.75, 3.05) is 33.8 Å². The fourth-order valence-corrected chi connectivity index (χ4v) is 4.18. The molecule has 1 heterocycles. The first-order chi connectivity index (χ1) is 17.0. The Kier molecular flexibility index (Phi) is 7.01. The Labute approximate surface area is 204 Å². The number of amides is 1. The highest BCUT2D eigenvalue weighted by Gasteiger charge is 2.26. The summed E-state index contributed by atoms with van der Waals surface area (Å²) in [6.45, 7) is 2.02. The van der Waals surface area contributed by atoms with Gasteiger partial charge in [0.05, 0.1) is 41.1 Å². The van der Waals surface area contributed by atoms with E-state index in [0.717, 1.165) is 39.2 Å². The van der Waals surface area contributed by atoms with Crippen LogP contribution in [0.5, 0.6) is 23.0 Å². The molecule has 0 radical (unpaired) electrons. The number of nitrogens with zero attached hydrogens (tertiary/aromatic N) is 2. The number of rotatable bonds is 8. The van der Waals surface area contributed by atoms with Gasteiger partial charge in [-0.2, -0.15) is 0 Å². The molecule has 0 atom stereocenters. The number of ether oxygens (including phenoxy) is 4. The van der Waals surface area contributed by atoms with Gasteiger partial charge in [0, 0.05) is 12.4 Å². The summed E-state index contributed by atoms with van der Waals surface area (Å²) in [5.41, 5.74) is 5.75. The summed E-state index contributed by atoms with van der Waals surface area (Å²) in [4.78, 5) is 21.0. The molecule has 180 valence electrons. The number of anilines is 1. The first-order valence-corrected chi connectivity index (χ1v) is 11.0. The van der Waals surface area contributed by atoms with Crippen molar-refractivity contribution in [3.63, 3.8) is 0 Å². The summed E-state index contributed by atoms with van der Waals surface area (Å²) in [6, 6.07) is 9.67. The summed E-state index contributed by atoms with van der Waals surface area (Å²) in [7, 11) is 6.37. The second-order valence-electron chi connectivity index (χ2n) is 7.85. The Balaban J connectivity index is 1.77. The van der Waals surface area contributed by atoms with Gasteiger partial charge in [0.1, 0.15) is 5.75 Å².